The summed E-state index contributed by atoms with van der Waals surface area (Å²) in [7, 11) is 0. The van der Waals surface area contributed by atoms with Gasteiger partial charge in [0.15, 0.2) is 0 Å². The third-order valence-corrected chi connectivity index (χ3v) is 15.2. The number of aryl methyl sites for hydroxylation is 1. The van der Waals surface area contributed by atoms with Crippen molar-refractivity contribution in [3.05, 3.63) is 282 Å². The van der Waals surface area contributed by atoms with Crippen molar-refractivity contribution in [2.45, 2.75) is 31.6 Å². The number of nitrogens with zero attached hydrogens (tertiary/aromatic N) is 1. The predicted molar refractivity (Wildman–Crippen MR) is 287 cm³/mol. The molecule has 322 valence electrons. The molecule has 0 atom stereocenters. The van der Waals surface area contributed by atoms with Crippen molar-refractivity contribution >= 4 is 38.6 Å². The zero-order chi connectivity index (χ0) is 45.6. The van der Waals surface area contributed by atoms with Gasteiger partial charge in [0.05, 0.1) is 11.1 Å². The summed E-state index contributed by atoms with van der Waals surface area (Å²) in [5.41, 5.74) is 21.7. The van der Waals surface area contributed by atoms with Gasteiger partial charge in [0.25, 0.3) is 0 Å². The van der Waals surface area contributed by atoms with Crippen LogP contribution in [0.1, 0.15) is 52.8 Å². The van der Waals surface area contributed by atoms with Crippen LogP contribution in [0.4, 0.5) is 17.1 Å². The molecular formula is C67H49N. The lowest BCUT2D eigenvalue weighted by Crippen LogP contribution is -2.28. The minimum Gasteiger partial charge on any atom is -0.310 e. The van der Waals surface area contributed by atoms with E-state index in [1.165, 1.54) is 105 Å². The van der Waals surface area contributed by atoms with Crippen molar-refractivity contribution in [3.63, 3.8) is 0 Å². The zero-order valence-corrected chi connectivity index (χ0v) is 38.5. The van der Waals surface area contributed by atoms with Crippen LogP contribution in [0.25, 0.3) is 66.1 Å². The molecule has 0 saturated carbocycles. The number of hydrogen-bond acceptors (Lipinski definition) is 1. The summed E-state index contributed by atoms with van der Waals surface area (Å²) in [6.45, 7) is 7.09. The number of anilines is 3. The van der Waals surface area contributed by atoms with Gasteiger partial charge in [0, 0.05) is 22.4 Å². The molecule has 1 nitrogen and oxygen atoms in total. The second kappa shape index (κ2) is 15.4. The molecule has 0 N–H and O–H groups in total. The highest BCUT2D eigenvalue weighted by atomic mass is 15.1. The molecule has 11 aromatic carbocycles. The Morgan fingerprint density at radius 3 is 1.57 bits per heavy atom. The van der Waals surface area contributed by atoms with E-state index in [2.05, 4.69) is 268 Å². The third kappa shape index (κ3) is 5.95. The first-order chi connectivity index (χ1) is 33.4. The molecule has 0 heterocycles. The zero-order valence-electron chi connectivity index (χ0n) is 38.5. The lowest BCUT2D eigenvalue weighted by Gasteiger charge is -2.35. The van der Waals surface area contributed by atoms with Crippen LogP contribution in [0, 0.1) is 6.92 Å². The third-order valence-electron chi connectivity index (χ3n) is 15.2. The van der Waals surface area contributed by atoms with Crippen LogP contribution in [-0.4, -0.2) is 0 Å². The van der Waals surface area contributed by atoms with Crippen LogP contribution in [-0.2, 0) is 10.8 Å². The highest BCUT2D eigenvalue weighted by Crippen LogP contribution is 2.58. The summed E-state index contributed by atoms with van der Waals surface area (Å²) in [6, 6.07) is 90.9. The van der Waals surface area contributed by atoms with Crippen molar-refractivity contribution < 1.29 is 0 Å². The fraction of sp³-hybridized carbons (Fsp3) is 0.0746. The van der Waals surface area contributed by atoms with Crippen molar-refractivity contribution in [2.24, 2.45) is 0 Å². The Morgan fingerprint density at radius 1 is 0.324 bits per heavy atom. The molecule has 68 heavy (non-hydrogen) atoms. The first kappa shape index (κ1) is 40.1. The minimum absolute atomic E-state index is 0.183. The molecule has 13 rings (SSSR count). The van der Waals surface area contributed by atoms with E-state index in [0.29, 0.717) is 0 Å². The molecule has 0 saturated heterocycles. The van der Waals surface area contributed by atoms with E-state index < -0.39 is 5.41 Å². The molecule has 0 aromatic heterocycles. The summed E-state index contributed by atoms with van der Waals surface area (Å²) in [5.74, 6) is 0. The van der Waals surface area contributed by atoms with Crippen LogP contribution in [0.5, 0.6) is 0 Å². The average molecular weight is 868 g/mol. The Morgan fingerprint density at radius 2 is 0.853 bits per heavy atom. The topological polar surface area (TPSA) is 3.24 Å². The fourth-order valence-electron chi connectivity index (χ4n) is 12.1. The summed E-state index contributed by atoms with van der Waals surface area (Å²) < 4.78 is 0. The largest absolute Gasteiger partial charge is 0.310 e. The molecule has 0 bridgehead atoms. The van der Waals surface area contributed by atoms with Crippen molar-refractivity contribution in [1.82, 2.24) is 0 Å². The molecule has 11 aromatic rings. The first-order valence-corrected chi connectivity index (χ1v) is 23.9. The molecule has 0 unspecified atom stereocenters. The molecule has 0 aliphatic heterocycles. The predicted octanol–water partition coefficient (Wildman–Crippen LogP) is 17.8. The molecule has 2 aliphatic carbocycles. The second-order valence-electron chi connectivity index (χ2n) is 19.3. The van der Waals surface area contributed by atoms with E-state index in [1.807, 2.05) is 0 Å². The van der Waals surface area contributed by atoms with Crippen LogP contribution < -0.4 is 4.90 Å². The number of fused-ring (bicyclic) bond motifs is 8. The van der Waals surface area contributed by atoms with Gasteiger partial charge >= 0.3 is 0 Å². The number of hydrogen-bond donors (Lipinski definition) is 0. The Kier molecular flexibility index (Phi) is 9.07. The lowest BCUT2D eigenvalue weighted by atomic mass is 9.67. The van der Waals surface area contributed by atoms with Gasteiger partial charge in [0.2, 0.25) is 0 Å². The Labute approximate surface area is 399 Å². The second-order valence-corrected chi connectivity index (χ2v) is 19.3. The molecule has 0 fully saturated rings. The van der Waals surface area contributed by atoms with E-state index in [4.69, 9.17) is 0 Å². The SMILES string of the molecule is Cc1cc(-c2cccc3ccccc23)cc(-c2ccc3ccccc3c2)c1N(c1ccc2c(c1)C(C)(C)c1ccccc1-2)c1ccc2c(c1)C(c1ccccc1)(c1ccccc1)c1ccccc1-2. The summed E-state index contributed by atoms with van der Waals surface area (Å²) in [4.78, 5) is 2.58. The van der Waals surface area contributed by atoms with Crippen molar-refractivity contribution in [1.29, 1.82) is 0 Å². The van der Waals surface area contributed by atoms with Crippen LogP contribution in [0.2, 0.25) is 0 Å². The standard InChI is InChI=1S/C67H49N/c1-44-39-49(55-30-18-22-46-20-12-13-27-54(46)55)41-60(48-34-33-45-19-10-11-21-47(45)40-48)65(44)68(52-35-37-58-56-28-14-16-31-61(56)66(2,3)63(58)42-52)53-36-38-59-57-29-15-17-32-62(57)67(64(59)43-53,50-23-6-4-7-24-50)51-25-8-5-9-26-51/h4-43H,1-3H3. The van der Waals surface area contributed by atoms with Crippen molar-refractivity contribution in [2.75, 3.05) is 4.90 Å². The fourth-order valence-corrected chi connectivity index (χ4v) is 12.1. The molecule has 0 radical (unpaired) electrons. The van der Waals surface area contributed by atoms with Gasteiger partial charge in [-0.3, -0.25) is 0 Å². The van der Waals surface area contributed by atoms with Crippen molar-refractivity contribution in [3.8, 4) is 44.5 Å². The normalized spacial score (nSPS) is 13.8. The van der Waals surface area contributed by atoms with E-state index in [1.54, 1.807) is 0 Å². The van der Waals surface area contributed by atoms with Gasteiger partial charge in [-0.1, -0.05) is 214 Å². The van der Waals surface area contributed by atoms with E-state index in [0.717, 1.165) is 17.1 Å². The number of benzene rings is 11. The van der Waals surface area contributed by atoms with Gasteiger partial charge in [-0.05, 0) is 149 Å². The molecule has 0 spiro atoms. The highest BCUT2D eigenvalue weighted by molar-refractivity contribution is 6.02. The molecule has 1 heteroatoms. The molecule has 2 aliphatic rings. The minimum atomic E-state index is -0.549. The highest BCUT2D eigenvalue weighted by Gasteiger charge is 2.46. The van der Waals surface area contributed by atoms with Crippen LogP contribution in [0.15, 0.2) is 243 Å². The van der Waals surface area contributed by atoms with E-state index >= 15 is 0 Å². The van der Waals surface area contributed by atoms with Gasteiger partial charge in [-0.15, -0.1) is 0 Å². The Bertz CT molecular complexity index is 3740. The maximum atomic E-state index is 2.58. The summed E-state index contributed by atoms with van der Waals surface area (Å²) in [6.07, 6.45) is 0. The lowest BCUT2D eigenvalue weighted by molar-refractivity contribution is 0.660. The quantitative estimate of drug-likeness (QED) is 0.154. The van der Waals surface area contributed by atoms with Gasteiger partial charge in [0.1, 0.15) is 0 Å². The van der Waals surface area contributed by atoms with Crippen LogP contribution in [0.3, 0.4) is 0 Å². The smallest absolute Gasteiger partial charge is 0.0714 e. The van der Waals surface area contributed by atoms with Gasteiger partial charge < -0.3 is 4.90 Å². The number of rotatable bonds is 7. The van der Waals surface area contributed by atoms with Gasteiger partial charge in [-0.25, -0.2) is 0 Å². The molecule has 0 amide bonds. The van der Waals surface area contributed by atoms with Gasteiger partial charge in [-0.2, -0.15) is 0 Å². The summed E-state index contributed by atoms with van der Waals surface area (Å²) >= 11 is 0. The molecular weight excluding hydrogens is 819 g/mol. The first-order valence-electron chi connectivity index (χ1n) is 23.9. The monoisotopic (exact) mass is 867 g/mol. The Hall–Kier alpha value is -8.26. The Balaban J connectivity index is 1.13. The maximum Gasteiger partial charge on any atom is 0.0714 e. The summed E-state index contributed by atoms with van der Waals surface area (Å²) in [5, 5.41) is 4.94. The van der Waals surface area contributed by atoms with E-state index in [9.17, 15) is 0 Å². The van der Waals surface area contributed by atoms with E-state index in [-0.39, 0.29) is 5.41 Å². The average Bonchev–Trinajstić information content (AvgIpc) is 3.82. The van der Waals surface area contributed by atoms with Crippen LogP contribution >= 0.6 is 0 Å². The maximum absolute atomic E-state index is 2.58.